The van der Waals surface area contributed by atoms with Crippen molar-refractivity contribution in [1.29, 1.82) is 0 Å². The topological polar surface area (TPSA) is 106 Å². The maximum atomic E-state index is 12.6. The van der Waals surface area contributed by atoms with E-state index >= 15 is 0 Å². The number of primary amides is 1. The number of rotatable bonds is 4. The first kappa shape index (κ1) is 16.2. The molecule has 0 saturated carbocycles. The molecule has 9 heteroatoms. The van der Waals surface area contributed by atoms with Gasteiger partial charge in [-0.1, -0.05) is 23.8 Å². The van der Waals surface area contributed by atoms with E-state index in [4.69, 9.17) is 35.3 Å². The maximum absolute atomic E-state index is 12.6. The lowest BCUT2D eigenvalue weighted by molar-refractivity contribution is -0.121. The Kier molecular flexibility index (Phi) is 4.52. The highest BCUT2D eigenvalue weighted by Gasteiger charge is 2.38. The van der Waals surface area contributed by atoms with Gasteiger partial charge in [0, 0.05) is 12.1 Å². The van der Waals surface area contributed by atoms with Crippen molar-refractivity contribution in [2.75, 3.05) is 6.54 Å². The highest BCUT2D eigenvalue weighted by Crippen LogP contribution is 2.28. The fourth-order valence-corrected chi connectivity index (χ4v) is 4.58. The standard InChI is InChI=1S/C12H14ClN3O3S2/c13-9-6-7(3-4-8(9)12(15)20)21(18,19)16-5-1-2-10(16)11(14)17/h3-4,6,10H,1-2,5H2,(H2,14,17)(H2,15,20). The van der Waals surface area contributed by atoms with Crippen LogP contribution in [0.3, 0.4) is 0 Å². The van der Waals surface area contributed by atoms with Crippen LogP contribution in [0.2, 0.25) is 5.02 Å². The molecule has 2 rings (SSSR count). The average molecular weight is 348 g/mol. The Balaban J connectivity index is 2.43. The number of thiocarbonyl (C=S) groups is 1. The number of nitrogens with zero attached hydrogens (tertiary/aromatic N) is 1. The molecular formula is C12H14ClN3O3S2. The predicted molar refractivity (Wildman–Crippen MR) is 83.4 cm³/mol. The van der Waals surface area contributed by atoms with Gasteiger partial charge < -0.3 is 11.5 Å². The number of hydrogen-bond acceptors (Lipinski definition) is 4. The van der Waals surface area contributed by atoms with Crippen LogP contribution in [0, 0.1) is 0 Å². The third-order valence-electron chi connectivity index (χ3n) is 3.34. The number of nitrogens with two attached hydrogens (primary N) is 2. The van der Waals surface area contributed by atoms with Gasteiger partial charge in [-0.05, 0) is 31.0 Å². The fourth-order valence-electron chi connectivity index (χ4n) is 2.30. The Morgan fingerprint density at radius 3 is 2.57 bits per heavy atom. The summed E-state index contributed by atoms with van der Waals surface area (Å²) in [6.45, 7) is 0.255. The van der Waals surface area contributed by atoms with Gasteiger partial charge in [0.05, 0.1) is 9.92 Å². The normalized spacial score (nSPS) is 19.6. The zero-order chi connectivity index (χ0) is 15.8. The lowest BCUT2D eigenvalue weighted by atomic mass is 10.2. The molecular weight excluding hydrogens is 334 g/mol. The molecule has 1 aromatic carbocycles. The zero-order valence-electron chi connectivity index (χ0n) is 11.0. The molecule has 1 aromatic rings. The molecule has 0 spiro atoms. The zero-order valence-corrected chi connectivity index (χ0v) is 13.3. The number of halogens is 1. The SMILES string of the molecule is NC(=O)C1CCCN1S(=O)(=O)c1ccc(C(N)=S)c(Cl)c1. The fraction of sp³-hybridized carbons (Fsp3) is 0.333. The first-order chi connectivity index (χ1) is 9.75. The summed E-state index contributed by atoms with van der Waals surface area (Å²) in [5.74, 6) is -0.651. The first-order valence-corrected chi connectivity index (χ1v) is 8.38. The molecule has 1 unspecified atom stereocenters. The second-order valence-electron chi connectivity index (χ2n) is 4.68. The maximum Gasteiger partial charge on any atom is 0.243 e. The van der Waals surface area contributed by atoms with Gasteiger partial charge >= 0.3 is 0 Å². The smallest absolute Gasteiger partial charge is 0.243 e. The molecule has 1 fully saturated rings. The summed E-state index contributed by atoms with van der Waals surface area (Å²) in [6.07, 6.45) is 1.01. The second kappa shape index (κ2) is 5.88. The molecule has 0 radical (unpaired) electrons. The summed E-state index contributed by atoms with van der Waals surface area (Å²) >= 11 is 10.8. The summed E-state index contributed by atoms with van der Waals surface area (Å²) in [7, 11) is -3.83. The first-order valence-electron chi connectivity index (χ1n) is 6.15. The number of benzene rings is 1. The van der Waals surface area contributed by atoms with E-state index in [0.717, 1.165) is 4.31 Å². The van der Waals surface area contributed by atoms with Crippen LogP contribution in [-0.4, -0.2) is 36.2 Å². The molecule has 1 saturated heterocycles. The molecule has 1 atom stereocenters. The monoisotopic (exact) mass is 347 g/mol. The number of carbonyl (C=O) groups is 1. The van der Waals surface area contributed by atoms with E-state index in [1.54, 1.807) is 0 Å². The highest BCUT2D eigenvalue weighted by molar-refractivity contribution is 7.89. The van der Waals surface area contributed by atoms with Crippen molar-refractivity contribution in [2.24, 2.45) is 11.5 Å². The molecule has 21 heavy (non-hydrogen) atoms. The molecule has 6 nitrogen and oxygen atoms in total. The average Bonchev–Trinajstić information content (AvgIpc) is 2.88. The van der Waals surface area contributed by atoms with Crippen molar-refractivity contribution in [3.05, 3.63) is 28.8 Å². The van der Waals surface area contributed by atoms with Gasteiger partial charge in [-0.2, -0.15) is 4.31 Å². The van der Waals surface area contributed by atoms with Crippen LogP contribution in [0.4, 0.5) is 0 Å². The minimum Gasteiger partial charge on any atom is -0.389 e. The quantitative estimate of drug-likeness (QED) is 0.776. The molecule has 4 N–H and O–H groups in total. The van der Waals surface area contributed by atoms with E-state index in [2.05, 4.69) is 0 Å². The Labute approximate surface area is 133 Å². The molecule has 1 aliphatic rings. The molecule has 0 bridgehead atoms. The van der Waals surface area contributed by atoms with Crippen LogP contribution < -0.4 is 11.5 Å². The summed E-state index contributed by atoms with van der Waals surface area (Å²) in [5.41, 5.74) is 11.1. The summed E-state index contributed by atoms with van der Waals surface area (Å²) < 4.78 is 26.3. The summed E-state index contributed by atoms with van der Waals surface area (Å²) in [6, 6.07) is 3.28. The number of carbonyl (C=O) groups excluding carboxylic acids is 1. The van der Waals surface area contributed by atoms with Crippen molar-refractivity contribution < 1.29 is 13.2 Å². The van der Waals surface area contributed by atoms with Gasteiger partial charge in [0.2, 0.25) is 15.9 Å². The molecule has 1 amide bonds. The van der Waals surface area contributed by atoms with Crippen LogP contribution in [0.15, 0.2) is 23.1 Å². The summed E-state index contributed by atoms with van der Waals surface area (Å²) in [4.78, 5) is 11.4. The van der Waals surface area contributed by atoms with Gasteiger partial charge in [0.25, 0.3) is 0 Å². The van der Waals surface area contributed by atoms with Crippen molar-refractivity contribution in [3.8, 4) is 0 Å². The van der Waals surface area contributed by atoms with Crippen molar-refractivity contribution in [2.45, 2.75) is 23.8 Å². The van der Waals surface area contributed by atoms with Crippen LogP contribution in [0.25, 0.3) is 0 Å². The molecule has 0 aromatic heterocycles. The van der Waals surface area contributed by atoms with E-state index in [-0.39, 0.29) is 21.5 Å². The van der Waals surface area contributed by atoms with E-state index in [0.29, 0.717) is 18.4 Å². The third-order valence-corrected chi connectivity index (χ3v) is 5.78. The van der Waals surface area contributed by atoms with Gasteiger partial charge in [0.15, 0.2) is 0 Å². The van der Waals surface area contributed by atoms with E-state index in [1.165, 1.54) is 18.2 Å². The molecule has 1 heterocycles. The van der Waals surface area contributed by atoms with Crippen LogP contribution in [0.5, 0.6) is 0 Å². The Morgan fingerprint density at radius 2 is 2.05 bits per heavy atom. The lowest BCUT2D eigenvalue weighted by Gasteiger charge is -2.22. The lowest BCUT2D eigenvalue weighted by Crippen LogP contribution is -2.43. The van der Waals surface area contributed by atoms with E-state index in [9.17, 15) is 13.2 Å². The number of hydrogen-bond donors (Lipinski definition) is 2. The van der Waals surface area contributed by atoms with Crippen LogP contribution in [0.1, 0.15) is 18.4 Å². The van der Waals surface area contributed by atoms with Crippen molar-refractivity contribution in [1.82, 2.24) is 4.31 Å². The second-order valence-corrected chi connectivity index (χ2v) is 7.42. The van der Waals surface area contributed by atoms with Gasteiger partial charge in [0.1, 0.15) is 11.0 Å². The number of amides is 1. The number of sulfonamides is 1. The van der Waals surface area contributed by atoms with E-state index in [1.807, 2.05) is 0 Å². The Bertz CT molecular complexity index is 706. The highest BCUT2D eigenvalue weighted by atomic mass is 35.5. The third kappa shape index (κ3) is 3.03. The van der Waals surface area contributed by atoms with Crippen LogP contribution in [-0.2, 0) is 14.8 Å². The largest absolute Gasteiger partial charge is 0.389 e. The molecule has 0 aliphatic carbocycles. The Hall–Kier alpha value is -1.22. The molecule has 1 aliphatic heterocycles. The minimum atomic E-state index is -3.83. The summed E-state index contributed by atoms with van der Waals surface area (Å²) in [5, 5.41) is 0.151. The Morgan fingerprint density at radius 1 is 1.38 bits per heavy atom. The van der Waals surface area contributed by atoms with Crippen molar-refractivity contribution >= 4 is 44.7 Å². The van der Waals surface area contributed by atoms with Crippen molar-refractivity contribution in [3.63, 3.8) is 0 Å². The minimum absolute atomic E-state index is 0.0133. The van der Waals surface area contributed by atoms with E-state index < -0.39 is 22.0 Å². The van der Waals surface area contributed by atoms with Crippen LogP contribution >= 0.6 is 23.8 Å². The predicted octanol–water partition coefficient (Wildman–Crippen LogP) is 0.613. The van der Waals surface area contributed by atoms with Gasteiger partial charge in [-0.3, -0.25) is 4.79 Å². The van der Waals surface area contributed by atoms with Gasteiger partial charge in [-0.25, -0.2) is 8.42 Å². The molecule has 114 valence electrons. The van der Waals surface area contributed by atoms with Gasteiger partial charge in [-0.15, -0.1) is 0 Å².